The number of nitrogens with two attached hydrogens (primary N) is 1. The molecule has 6 nitrogen and oxygen atoms in total. The molecular weight excluding hydrogens is 254 g/mol. The van der Waals surface area contributed by atoms with E-state index in [-0.39, 0.29) is 0 Å². The van der Waals surface area contributed by atoms with Crippen LogP contribution in [0.2, 0.25) is 0 Å². The van der Waals surface area contributed by atoms with Crippen molar-refractivity contribution in [3.63, 3.8) is 0 Å². The number of anilines is 2. The van der Waals surface area contributed by atoms with Gasteiger partial charge in [0.1, 0.15) is 24.1 Å². The van der Waals surface area contributed by atoms with Gasteiger partial charge in [0.25, 0.3) is 0 Å². The quantitative estimate of drug-likeness (QED) is 0.858. The van der Waals surface area contributed by atoms with Gasteiger partial charge in [0.05, 0.1) is 0 Å². The summed E-state index contributed by atoms with van der Waals surface area (Å²) in [6.45, 7) is 2.74. The summed E-state index contributed by atoms with van der Waals surface area (Å²) in [5.41, 5.74) is 7.24. The van der Waals surface area contributed by atoms with Gasteiger partial charge in [0, 0.05) is 24.0 Å². The minimum absolute atomic E-state index is 0.329. The average molecular weight is 269 g/mol. The maximum atomic E-state index is 8.89. The summed E-state index contributed by atoms with van der Waals surface area (Å²) in [5, 5.41) is 11.9. The Morgan fingerprint density at radius 2 is 2.20 bits per heavy atom. The van der Waals surface area contributed by atoms with Gasteiger partial charge >= 0.3 is 0 Å². The second kappa shape index (κ2) is 6.50. The summed E-state index contributed by atoms with van der Waals surface area (Å²) in [5.74, 6) is 1.10. The Bertz CT molecular complexity index is 636. The van der Waals surface area contributed by atoms with Gasteiger partial charge in [-0.15, -0.1) is 0 Å². The number of ether oxygens (including phenoxy) is 1. The summed E-state index contributed by atoms with van der Waals surface area (Å²) in [6, 6.07) is 11.0. The zero-order valence-electron chi connectivity index (χ0n) is 11.1. The van der Waals surface area contributed by atoms with E-state index in [1.807, 2.05) is 37.3 Å². The standard InChI is InChI=1S/C14H15N5O/c1-10-7-12(9-16)19-14(17-10)18-11-3-2-4-13(8-11)20-6-5-15/h2-4,7-8H,5-6,15H2,1H3,(H,17,18,19). The van der Waals surface area contributed by atoms with Gasteiger partial charge in [-0.2, -0.15) is 5.26 Å². The monoisotopic (exact) mass is 269 g/mol. The average Bonchev–Trinajstić information content (AvgIpc) is 2.45. The summed E-state index contributed by atoms with van der Waals surface area (Å²) in [4.78, 5) is 8.33. The van der Waals surface area contributed by atoms with Gasteiger partial charge in [0.15, 0.2) is 0 Å². The number of nitriles is 1. The van der Waals surface area contributed by atoms with Crippen LogP contribution < -0.4 is 15.8 Å². The first-order valence-corrected chi connectivity index (χ1v) is 6.17. The highest BCUT2D eigenvalue weighted by molar-refractivity contribution is 5.56. The van der Waals surface area contributed by atoms with Crippen LogP contribution in [-0.2, 0) is 0 Å². The van der Waals surface area contributed by atoms with Crippen molar-refractivity contribution in [3.8, 4) is 11.8 Å². The van der Waals surface area contributed by atoms with Crippen molar-refractivity contribution >= 4 is 11.6 Å². The SMILES string of the molecule is Cc1cc(C#N)nc(Nc2cccc(OCCN)c2)n1. The minimum atomic E-state index is 0.329. The number of hydrogen-bond acceptors (Lipinski definition) is 6. The highest BCUT2D eigenvalue weighted by Gasteiger charge is 2.03. The predicted molar refractivity (Wildman–Crippen MR) is 75.8 cm³/mol. The maximum Gasteiger partial charge on any atom is 0.228 e. The molecule has 1 aromatic carbocycles. The molecular formula is C14H15N5O. The Balaban J connectivity index is 2.17. The molecule has 0 bridgehead atoms. The molecule has 0 unspecified atom stereocenters. The molecule has 0 amide bonds. The number of nitrogens with zero attached hydrogens (tertiary/aromatic N) is 3. The molecule has 0 spiro atoms. The van der Waals surface area contributed by atoms with E-state index in [1.165, 1.54) is 0 Å². The largest absolute Gasteiger partial charge is 0.492 e. The molecule has 0 radical (unpaired) electrons. The van der Waals surface area contributed by atoms with Crippen LogP contribution in [-0.4, -0.2) is 23.1 Å². The van der Waals surface area contributed by atoms with E-state index in [0.717, 1.165) is 11.4 Å². The molecule has 1 heterocycles. The normalized spacial score (nSPS) is 9.85. The van der Waals surface area contributed by atoms with E-state index in [2.05, 4.69) is 15.3 Å². The summed E-state index contributed by atoms with van der Waals surface area (Å²) in [7, 11) is 0. The summed E-state index contributed by atoms with van der Waals surface area (Å²) in [6.07, 6.45) is 0. The second-order valence-corrected chi connectivity index (χ2v) is 4.12. The van der Waals surface area contributed by atoms with E-state index >= 15 is 0 Å². The number of aromatic nitrogens is 2. The van der Waals surface area contributed by atoms with Crippen molar-refractivity contribution in [2.24, 2.45) is 5.73 Å². The van der Waals surface area contributed by atoms with Crippen LogP contribution in [0.3, 0.4) is 0 Å². The van der Waals surface area contributed by atoms with E-state index < -0.39 is 0 Å². The van der Waals surface area contributed by atoms with Crippen LogP contribution in [0, 0.1) is 18.3 Å². The van der Waals surface area contributed by atoms with E-state index in [0.29, 0.717) is 30.5 Å². The molecule has 2 rings (SSSR count). The van der Waals surface area contributed by atoms with Crippen molar-refractivity contribution in [2.45, 2.75) is 6.92 Å². The van der Waals surface area contributed by atoms with E-state index in [4.69, 9.17) is 15.7 Å². The minimum Gasteiger partial charge on any atom is -0.492 e. The molecule has 0 fully saturated rings. The fraction of sp³-hybridized carbons (Fsp3) is 0.214. The number of rotatable bonds is 5. The molecule has 0 saturated heterocycles. The van der Waals surface area contributed by atoms with Gasteiger partial charge in [0.2, 0.25) is 5.95 Å². The fourth-order valence-electron chi connectivity index (χ4n) is 1.65. The number of nitrogens with one attached hydrogen (secondary N) is 1. The zero-order valence-corrected chi connectivity index (χ0v) is 11.1. The topological polar surface area (TPSA) is 96.8 Å². The van der Waals surface area contributed by atoms with Crippen LogP contribution in [0.1, 0.15) is 11.4 Å². The molecule has 20 heavy (non-hydrogen) atoms. The fourth-order valence-corrected chi connectivity index (χ4v) is 1.65. The highest BCUT2D eigenvalue weighted by atomic mass is 16.5. The molecule has 1 aromatic heterocycles. The maximum absolute atomic E-state index is 8.89. The Morgan fingerprint density at radius 3 is 2.95 bits per heavy atom. The summed E-state index contributed by atoms with van der Waals surface area (Å²) < 4.78 is 5.44. The van der Waals surface area contributed by atoms with Crippen molar-refractivity contribution in [1.29, 1.82) is 5.26 Å². The van der Waals surface area contributed by atoms with Crippen molar-refractivity contribution in [1.82, 2.24) is 9.97 Å². The lowest BCUT2D eigenvalue weighted by Crippen LogP contribution is -2.10. The highest BCUT2D eigenvalue weighted by Crippen LogP contribution is 2.20. The number of hydrogen-bond donors (Lipinski definition) is 2. The predicted octanol–water partition coefficient (Wildman–Crippen LogP) is 1.74. The van der Waals surface area contributed by atoms with Gasteiger partial charge in [-0.25, -0.2) is 9.97 Å². The Hall–Kier alpha value is -2.65. The summed E-state index contributed by atoms with van der Waals surface area (Å²) >= 11 is 0. The van der Waals surface area contributed by atoms with Gasteiger partial charge in [-0.3, -0.25) is 0 Å². The molecule has 102 valence electrons. The van der Waals surface area contributed by atoms with E-state index in [1.54, 1.807) is 6.07 Å². The van der Waals surface area contributed by atoms with Crippen LogP contribution in [0.5, 0.6) is 5.75 Å². The Kier molecular flexibility index (Phi) is 4.47. The molecule has 6 heteroatoms. The van der Waals surface area contributed by atoms with Crippen LogP contribution in [0.25, 0.3) is 0 Å². The van der Waals surface area contributed by atoms with Crippen LogP contribution in [0.4, 0.5) is 11.6 Å². The van der Waals surface area contributed by atoms with Crippen molar-refractivity contribution < 1.29 is 4.74 Å². The van der Waals surface area contributed by atoms with Crippen molar-refractivity contribution in [3.05, 3.63) is 41.7 Å². The molecule has 0 aliphatic rings. The van der Waals surface area contributed by atoms with Crippen LogP contribution in [0.15, 0.2) is 30.3 Å². The number of aryl methyl sites for hydroxylation is 1. The van der Waals surface area contributed by atoms with Crippen LogP contribution >= 0.6 is 0 Å². The smallest absolute Gasteiger partial charge is 0.228 e. The molecule has 2 aromatic rings. The Morgan fingerprint density at radius 1 is 1.35 bits per heavy atom. The molecule has 3 N–H and O–H groups in total. The third kappa shape index (κ3) is 3.67. The first-order chi connectivity index (χ1) is 9.71. The third-order valence-electron chi connectivity index (χ3n) is 2.45. The van der Waals surface area contributed by atoms with E-state index in [9.17, 15) is 0 Å². The molecule has 0 aliphatic carbocycles. The van der Waals surface area contributed by atoms with Gasteiger partial charge in [-0.05, 0) is 25.1 Å². The molecule has 0 atom stereocenters. The first kappa shape index (κ1) is 13.8. The van der Waals surface area contributed by atoms with Crippen molar-refractivity contribution in [2.75, 3.05) is 18.5 Å². The van der Waals surface area contributed by atoms with Gasteiger partial charge < -0.3 is 15.8 Å². The second-order valence-electron chi connectivity index (χ2n) is 4.12. The molecule has 0 saturated carbocycles. The number of benzene rings is 1. The lowest BCUT2D eigenvalue weighted by atomic mass is 10.3. The lowest BCUT2D eigenvalue weighted by Gasteiger charge is -2.08. The van der Waals surface area contributed by atoms with Gasteiger partial charge in [-0.1, -0.05) is 6.07 Å². The third-order valence-corrected chi connectivity index (χ3v) is 2.45. The zero-order chi connectivity index (χ0) is 14.4. The lowest BCUT2D eigenvalue weighted by molar-refractivity contribution is 0.328. The first-order valence-electron chi connectivity index (χ1n) is 6.17. The Labute approximate surface area is 117 Å². The molecule has 0 aliphatic heterocycles.